The largest absolute Gasteiger partial charge is 0.483 e. The lowest BCUT2D eigenvalue weighted by Gasteiger charge is -2.23. The Balaban J connectivity index is 0.00000115. The molecular formula is C22H20F5N5O4. The second-order valence-corrected chi connectivity index (χ2v) is 7.82. The summed E-state index contributed by atoms with van der Waals surface area (Å²) < 4.78 is 72.6. The molecule has 3 aromatic rings. The van der Waals surface area contributed by atoms with Crippen LogP contribution in [0.3, 0.4) is 0 Å². The molecule has 1 saturated heterocycles. The minimum absolute atomic E-state index is 0.0570. The lowest BCUT2D eigenvalue weighted by molar-refractivity contribution is -0.133. The van der Waals surface area contributed by atoms with E-state index >= 15 is 0 Å². The third-order valence-electron chi connectivity index (χ3n) is 5.33. The van der Waals surface area contributed by atoms with E-state index in [-0.39, 0.29) is 48.2 Å². The topological polar surface area (TPSA) is 135 Å². The molecule has 1 fully saturated rings. The highest BCUT2D eigenvalue weighted by molar-refractivity contribution is 5.77. The summed E-state index contributed by atoms with van der Waals surface area (Å²) in [6.07, 6.45) is 1.58. The highest BCUT2D eigenvalue weighted by atomic mass is 19.2. The fraction of sp³-hybridized carbons (Fsp3) is 0.318. The van der Waals surface area contributed by atoms with Gasteiger partial charge in [-0.3, -0.25) is 9.59 Å². The predicted molar refractivity (Wildman–Crippen MR) is 112 cm³/mol. The first-order valence-electron chi connectivity index (χ1n) is 10.6. The number of halogens is 5. The highest BCUT2D eigenvalue weighted by Crippen LogP contribution is 2.33. The van der Waals surface area contributed by atoms with Crippen molar-refractivity contribution in [3.05, 3.63) is 64.9 Å². The molecule has 0 radical (unpaired) electrons. The summed E-state index contributed by atoms with van der Waals surface area (Å²) in [4.78, 5) is 30.4. The van der Waals surface area contributed by atoms with Gasteiger partial charge in [-0.15, -0.1) is 0 Å². The number of hydrogen-bond acceptors (Lipinski definition) is 7. The smallest absolute Gasteiger partial charge is 0.290 e. The normalized spacial score (nSPS) is 15.8. The van der Waals surface area contributed by atoms with Crippen LogP contribution in [0.1, 0.15) is 36.8 Å². The number of likely N-dealkylation sites (tertiary alicyclic amines) is 1. The van der Waals surface area contributed by atoms with Gasteiger partial charge in [0.25, 0.3) is 6.47 Å². The molecule has 2 aromatic heterocycles. The first-order chi connectivity index (χ1) is 17.1. The Bertz CT molecular complexity index is 1240. The summed E-state index contributed by atoms with van der Waals surface area (Å²) in [5, 5.41) is 10.6. The molecule has 0 aliphatic carbocycles. The molecular weight excluding hydrogens is 493 g/mol. The lowest BCUT2D eigenvalue weighted by atomic mass is 10.0. The first kappa shape index (κ1) is 26.7. The summed E-state index contributed by atoms with van der Waals surface area (Å²) in [7, 11) is 0. The van der Waals surface area contributed by atoms with Gasteiger partial charge in [-0.2, -0.15) is 4.98 Å². The molecule has 1 aliphatic heterocycles. The Labute approximate surface area is 200 Å². The van der Waals surface area contributed by atoms with E-state index in [1.54, 1.807) is 0 Å². The second-order valence-electron chi connectivity index (χ2n) is 7.82. The maximum absolute atomic E-state index is 14.0. The van der Waals surface area contributed by atoms with Crippen LogP contribution in [0.4, 0.5) is 22.0 Å². The summed E-state index contributed by atoms with van der Waals surface area (Å²) in [5.41, 5.74) is 5.53. The van der Waals surface area contributed by atoms with Gasteiger partial charge in [-0.1, -0.05) is 5.16 Å². The van der Waals surface area contributed by atoms with Gasteiger partial charge in [0.2, 0.25) is 17.6 Å². The Hall–Kier alpha value is -3.94. The average molecular weight is 513 g/mol. The SMILES string of the molecule is NC(CC(=O)N1CCCC1c1nc(-c2ncc(F)cc2F)no1)Cc1cc(F)c(F)cc1F.O=CO. The van der Waals surface area contributed by atoms with Gasteiger partial charge in [-0.05, 0) is 30.9 Å². The van der Waals surface area contributed by atoms with Gasteiger partial charge in [0.1, 0.15) is 23.4 Å². The molecule has 1 aromatic carbocycles. The molecule has 192 valence electrons. The van der Waals surface area contributed by atoms with Crippen molar-refractivity contribution in [1.29, 1.82) is 0 Å². The fourth-order valence-electron chi connectivity index (χ4n) is 3.78. The quantitative estimate of drug-likeness (QED) is 0.292. The van der Waals surface area contributed by atoms with Gasteiger partial charge in [0.05, 0.1) is 6.20 Å². The Kier molecular flexibility index (Phi) is 8.64. The van der Waals surface area contributed by atoms with Crippen LogP contribution < -0.4 is 5.73 Å². The van der Waals surface area contributed by atoms with Crippen molar-refractivity contribution in [3.63, 3.8) is 0 Å². The van der Waals surface area contributed by atoms with E-state index in [9.17, 15) is 26.7 Å². The molecule has 9 nitrogen and oxygen atoms in total. The minimum atomic E-state index is -1.31. The zero-order valence-corrected chi connectivity index (χ0v) is 18.5. The number of amides is 1. The number of carboxylic acid groups (broad SMARTS) is 1. The number of rotatable bonds is 6. The fourth-order valence-corrected chi connectivity index (χ4v) is 3.78. The summed E-state index contributed by atoms with van der Waals surface area (Å²) >= 11 is 0. The van der Waals surface area contributed by atoms with E-state index in [0.717, 1.165) is 12.3 Å². The van der Waals surface area contributed by atoms with E-state index in [2.05, 4.69) is 15.1 Å². The van der Waals surface area contributed by atoms with Crippen molar-refractivity contribution in [3.8, 4) is 11.5 Å². The molecule has 1 aliphatic rings. The van der Waals surface area contributed by atoms with Crippen LogP contribution >= 0.6 is 0 Å². The molecule has 1 amide bonds. The van der Waals surface area contributed by atoms with Gasteiger partial charge >= 0.3 is 0 Å². The van der Waals surface area contributed by atoms with Crippen LogP contribution in [0.2, 0.25) is 0 Å². The minimum Gasteiger partial charge on any atom is -0.483 e. The molecule has 14 heteroatoms. The van der Waals surface area contributed by atoms with Gasteiger partial charge < -0.3 is 20.3 Å². The molecule has 0 saturated carbocycles. The monoisotopic (exact) mass is 513 g/mol. The molecule has 36 heavy (non-hydrogen) atoms. The first-order valence-corrected chi connectivity index (χ1v) is 10.6. The Morgan fingerprint density at radius 3 is 2.56 bits per heavy atom. The van der Waals surface area contributed by atoms with Crippen LogP contribution in [0.15, 0.2) is 28.9 Å². The van der Waals surface area contributed by atoms with Crippen molar-refractivity contribution in [2.75, 3.05) is 6.54 Å². The van der Waals surface area contributed by atoms with Gasteiger partial charge in [-0.25, -0.2) is 26.9 Å². The standard InChI is InChI=1S/C21H18F5N5O2.CH2O2/c22-11-6-16(26)19(28-9-11)20-29-21(33-30-20)17-2-1-3-31(17)18(32)7-12(27)4-10-5-14(24)15(25)8-13(10)23;2-1-3/h5-6,8-9,12,17H,1-4,7,27H2;1H,(H,2,3). The van der Waals surface area contributed by atoms with Crippen LogP contribution in [-0.4, -0.2) is 50.1 Å². The molecule has 3 N–H and O–H groups in total. The molecule has 2 atom stereocenters. The van der Waals surface area contributed by atoms with Crippen molar-refractivity contribution >= 4 is 12.4 Å². The number of nitrogens with zero attached hydrogens (tertiary/aromatic N) is 4. The summed E-state index contributed by atoms with van der Waals surface area (Å²) in [6.45, 7) is 0.122. The van der Waals surface area contributed by atoms with Crippen LogP contribution in [-0.2, 0) is 16.0 Å². The van der Waals surface area contributed by atoms with Crippen LogP contribution in [0.5, 0.6) is 0 Å². The number of pyridine rings is 1. The maximum atomic E-state index is 14.0. The van der Waals surface area contributed by atoms with E-state index in [4.69, 9.17) is 20.2 Å². The zero-order valence-electron chi connectivity index (χ0n) is 18.5. The molecule has 4 rings (SSSR count). The Morgan fingerprint density at radius 1 is 1.17 bits per heavy atom. The highest BCUT2D eigenvalue weighted by Gasteiger charge is 2.35. The molecule has 0 bridgehead atoms. The number of carbonyl (C=O) groups is 2. The van der Waals surface area contributed by atoms with Crippen molar-refractivity contribution in [2.45, 2.75) is 37.8 Å². The van der Waals surface area contributed by atoms with Crippen molar-refractivity contribution < 1.29 is 41.2 Å². The third kappa shape index (κ3) is 6.19. The lowest BCUT2D eigenvalue weighted by Crippen LogP contribution is -2.36. The second kappa shape index (κ2) is 11.7. The number of benzene rings is 1. The van der Waals surface area contributed by atoms with E-state index in [1.165, 1.54) is 4.90 Å². The van der Waals surface area contributed by atoms with Gasteiger partial charge in [0, 0.05) is 31.1 Å². The zero-order chi connectivity index (χ0) is 26.4. The molecule has 2 unspecified atom stereocenters. The molecule has 3 heterocycles. The van der Waals surface area contributed by atoms with E-state index in [1.807, 2.05) is 0 Å². The van der Waals surface area contributed by atoms with Crippen molar-refractivity contribution in [2.24, 2.45) is 5.73 Å². The van der Waals surface area contributed by atoms with Crippen LogP contribution in [0.25, 0.3) is 11.5 Å². The average Bonchev–Trinajstić information content (AvgIpc) is 3.48. The van der Waals surface area contributed by atoms with E-state index < -0.39 is 41.2 Å². The predicted octanol–water partition coefficient (Wildman–Crippen LogP) is 3.15. The number of hydrogen-bond donors (Lipinski definition) is 2. The van der Waals surface area contributed by atoms with E-state index in [0.29, 0.717) is 31.5 Å². The third-order valence-corrected chi connectivity index (χ3v) is 5.33. The number of nitrogens with two attached hydrogens (primary N) is 1. The Morgan fingerprint density at radius 2 is 1.86 bits per heavy atom. The number of carbonyl (C=O) groups excluding carboxylic acids is 1. The van der Waals surface area contributed by atoms with Gasteiger partial charge in [0.15, 0.2) is 17.5 Å². The summed E-state index contributed by atoms with van der Waals surface area (Å²) in [5.74, 6) is -5.79. The van der Waals surface area contributed by atoms with Crippen molar-refractivity contribution in [1.82, 2.24) is 20.0 Å². The maximum Gasteiger partial charge on any atom is 0.290 e. The number of aromatic nitrogens is 3. The summed E-state index contributed by atoms with van der Waals surface area (Å²) in [6, 6.07) is 0.349. The molecule has 0 spiro atoms. The van der Waals surface area contributed by atoms with Crippen LogP contribution in [0, 0.1) is 29.1 Å².